The maximum Gasteiger partial charge on any atom is 0.338 e. The van der Waals surface area contributed by atoms with E-state index in [1.54, 1.807) is 56.4 Å². The maximum atomic E-state index is 12.5. The van der Waals surface area contributed by atoms with Crippen molar-refractivity contribution in [2.45, 2.75) is 26.9 Å². The molecule has 6 heteroatoms. The van der Waals surface area contributed by atoms with Gasteiger partial charge in [0.2, 0.25) is 0 Å². The zero-order chi connectivity index (χ0) is 18.7. The summed E-state index contributed by atoms with van der Waals surface area (Å²) in [6.07, 6.45) is 2.89. The molecule has 1 aromatic carbocycles. The van der Waals surface area contributed by atoms with Gasteiger partial charge in [-0.05, 0) is 57.2 Å². The van der Waals surface area contributed by atoms with Crippen LogP contribution in [-0.2, 0) is 4.74 Å². The Labute approximate surface area is 151 Å². The molecule has 0 aliphatic carbocycles. The van der Waals surface area contributed by atoms with Crippen LogP contribution in [0.5, 0.6) is 0 Å². The number of pyridine rings is 2. The van der Waals surface area contributed by atoms with Crippen LogP contribution in [-0.4, -0.2) is 27.9 Å². The highest BCUT2D eigenvalue weighted by Gasteiger charge is 2.14. The molecule has 3 aromatic rings. The molecule has 0 atom stereocenters. The number of hydrogen-bond acceptors (Lipinski definition) is 5. The molecule has 0 saturated carbocycles. The Morgan fingerprint density at radius 1 is 1.12 bits per heavy atom. The Kier molecular flexibility index (Phi) is 4.93. The lowest BCUT2D eigenvalue weighted by Crippen LogP contribution is -2.14. The average Bonchev–Trinajstić information content (AvgIpc) is 2.61. The molecule has 6 nitrogen and oxygen atoms in total. The molecule has 0 unspecified atom stereocenters. The molecular weight excluding hydrogens is 330 g/mol. The second-order valence-corrected chi connectivity index (χ2v) is 6.19. The van der Waals surface area contributed by atoms with E-state index in [9.17, 15) is 9.59 Å². The number of benzene rings is 1. The molecule has 0 spiro atoms. The first kappa shape index (κ1) is 17.5. The van der Waals surface area contributed by atoms with E-state index in [1.165, 1.54) is 6.20 Å². The fourth-order valence-corrected chi connectivity index (χ4v) is 2.56. The van der Waals surface area contributed by atoms with Crippen LogP contribution in [0.15, 0.2) is 48.8 Å². The van der Waals surface area contributed by atoms with E-state index in [4.69, 9.17) is 4.74 Å². The molecule has 0 saturated heterocycles. The normalized spacial score (nSPS) is 10.8. The molecule has 0 radical (unpaired) electrons. The first-order valence-corrected chi connectivity index (χ1v) is 8.28. The molecule has 1 N–H and O–H groups in total. The SMILES string of the molecule is Cc1cc(NC(=O)c2cccnc2)c2cc(C(=O)OC(C)C)ccc2n1. The summed E-state index contributed by atoms with van der Waals surface area (Å²) in [6.45, 7) is 5.44. The average molecular weight is 349 g/mol. The van der Waals surface area contributed by atoms with Gasteiger partial charge in [0.15, 0.2) is 0 Å². The van der Waals surface area contributed by atoms with Crippen molar-refractivity contribution < 1.29 is 14.3 Å². The van der Waals surface area contributed by atoms with E-state index in [2.05, 4.69) is 15.3 Å². The van der Waals surface area contributed by atoms with Crippen molar-refractivity contribution in [3.05, 3.63) is 65.6 Å². The molecule has 0 bridgehead atoms. The molecule has 2 heterocycles. The molecular formula is C20H19N3O3. The van der Waals surface area contributed by atoms with Crippen molar-refractivity contribution in [1.29, 1.82) is 0 Å². The van der Waals surface area contributed by atoms with Gasteiger partial charge in [0, 0.05) is 23.5 Å². The number of carbonyl (C=O) groups is 2. The minimum atomic E-state index is -0.410. The second kappa shape index (κ2) is 7.31. The van der Waals surface area contributed by atoms with Crippen molar-refractivity contribution in [2.75, 3.05) is 5.32 Å². The molecule has 1 amide bonds. The smallest absolute Gasteiger partial charge is 0.338 e. The molecule has 26 heavy (non-hydrogen) atoms. The molecule has 0 aliphatic rings. The predicted octanol–water partition coefficient (Wildman–Crippen LogP) is 3.76. The van der Waals surface area contributed by atoms with E-state index in [0.29, 0.717) is 27.7 Å². The van der Waals surface area contributed by atoms with Crippen LogP contribution >= 0.6 is 0 Å². The number of esters is 1. The van der Waals surface area contributed by atoms with Gasteiger partial charge < -0.3 is 10.1 Å². The summed E-state index contributed by atoms with van der Waals surface area (Å²) in [5.41, 5.74) is 2.89. The van der Waals surface area contributed by atoms with Crippen molar-refractivity contribution >= 4 is 28.5 Å². The van der Waals surface area contributed by atoms with Crippen LogP contribution in [0.3, 0.4) is 0 Å². The third-order valence-electron chi connectivity index (χ3n) is 3.69. The Morgan fingerprint density at radius 2 is 1.92 bits per heavy atom. The zero-order valence-electron chi connectivity index (χ0n) is 14.8. The molecule has 3 rings (SSSR count). The van der Waals surface area contributed by atoms with Gasteiger partial charge in [-0.15, -0.1) is 0 Å². The molecule has 0 fully saturated rings. The lowest BCUT2D eigenvalue weighted by molar-refractivity contribution is 0.0378. The fourth-order valence-electron chi connectivity index (χ4n) is 2.56. The van der Waals surface area contributed by atoms with Gasteiger partial charge in [-0.1, -0.05) is 0 Å². The Balaban J connectivity index is 2.00. The third-order valence-corrected chi connectivity index (χ3v) is 3.69. The number of amides is 1. The molecule has 0 aliphatic heterocycles. The lowest BCUT2D eigenvalue weighted by Gasteiger charge is -2.12. The van der Waals surface area contributed by atoms with Crippen molar-refractivity contribution in [3.63, 3.8) is 0 Å². The number of hydrogen-bond donors (Lipinski definition) is 1. The van der Waals surface area contributed by atoms with Gasteiger partial charge in [0.25, 0.3) is 5.91 Å². The van der Waals surface area contributed by atoms with E-state index in [0.717, 1.165) is 5.69 Å². The molecule has 2 aromatic heterocycles. The van der Waals surface area contributed by atoms with Crippen LogP contribution < -0.4 is 5.32 Å². The monoisotopic (exact) mass is 349 g/mol. The van der Waals surface area contributed by atoms with E-state index >= 15 is 0 Å². The summed E-state index contributed by atoms with van der Waals surface area (Å²) in [4.78, 5) is 33.1. The minimum Gasteiger partial charge on any atom is -0.459 e. The third kappa shape index (κ3) is 3.85. The fraction of sp³-hybridized carbons (Fsp3) is 0.200. The zero-order valence-corrected chi connectivity index (χ0v) is 14.8. The van der Waals surface area contributed by atoms with Gasteiger partial charge in [-0.3, -0.25) is 14.8 Å². The Morgan fingerprint density at radius 3 is 2.62 bits per heavy atom. The van der Waals surface area contributed by atoms with Gasteiger partial charge in [0.05, 0.1) is 28.4 Å². The Hall–Kier alpha value is -3.28. The van der Waals surface area contributed by atoms with E-state index in [-0.39, 0.29) is 12.0 Å². The second-order valence-electron chi connectivity index (χ2n) is 6.19. The van der Waals surface area contributed by atoms with Gasteiger partial charge in [-0.2, -0.15) is 0 Å². The standard InChI is InChI=1S/C20H19N3O3/c1-12(2)26-20(25)14-6-7-17-16(10-14)18(9-13(3)22-17)23-19(24)15-5-4-8-21-11-15/h4-12H,1-3H3,(H,22,23,24). The summed E-state index contributed by atoms with van der Waals surface area (Å²) >= 11 is 0. The van der Waals surface area contributed by atoms with Crippen molar-refractivity contribution in [3.8, 4) is 0 Å². The maximum absolute atomic E-state index is 12.5. The van der Waals surface area contributed by atoms with Crippen LogP contribution in [0, 0.1) is 6.92 Å². The summed E-state index contributed by atoms with van der Waals surface area (Å²) in [5.74, 6) is -0.688. The van der Waals surface area contributed by atoms with Crippen LogP contribution in [0.2, 0.25) is 0 Å². The summed E-state index contributed by atoms with van der Waals surface area (Å²) in [7, 11) is 0. The number of carbonyl (C=O) groups excluding carboxylic acids is 2. The lowest BCUT2D eigenvalue weighted by atomic mass is 10.1. The number of rotatable bonds is 4. The number of nitrogens with one attached hydrogen (secondary N) is 1. The van der Waals surface area contributed by atoms with Crippen molar-refractivity contribution in [2.24, 2.45) is 0 Å². The number of nitrogens with zero attached hydrogens (tertiary/aromatic N) is 2. The summed E-state index contributed by atoms with van der Waals surface area (Å²) in [6, 6.07) is 10.3. The quantitative estimate of drug-likeness (QED) is 0.725. The first-order chi connectivity index (χ1) is 12.4. The number of anilines is 1. The predicted molar refractivity (Wildman–Crippen MR) is 99.2 cm³/mol. The van der Waals surface area contributed by atoms with Crippen LogP contribution in [0.25, 0.3) is 10.9 Å². The summed E-state index contributed by atoms with van der Waals surface area (Å²) in [5, 5.41) is 3.55. The summed E-state index contributed by atoms with van der Waals surface area (Å²) < 4.78 is 5.24. The van der Waals surface area contributed by atoms with Crippen LogP contribution in [0.4, 0.5) is 5.69 Å². The van der Waals surface area contributed by atoms with E-state index in [1.807, 2.05) is 6.92 Å². The largest absolute Gasteiger partial charge is 0.459 e. The van der Waals surface area contributed by atoms with Gasteiger partial charge >= 0.3 is 5.97 Å². The first-order valence-electron chi connectivity index (χ1n) is 8.28. The highest BCUT2D eigenvalue weighted by Crippen LogP contribution is 2.25. The number of ether oxygens (including phenoxy) is 1. The Bertz CT molecular complexity index is 969. The highest BCUT2D eigenvalue weighted by atomic mass is 16.5. The highest BCUT2D eigenvalue weighted by molar-refractivity contribution is 6.09. The minimum absolute atomic E-state index is 0.209. The number of aryl methyl sites for hydroxylation is 1. The van der Waals surface area contributed by atoms with Crippen LogP contribution in [0.1, 0.15) is 40.3 Å². The van der Waals surface area contributed by atoms with Crippen molar-refractivity contribution in [1.82, 2.24) is 9.97 Å². The molecule has 132 valence electrons. The topological polar surface area (TPSA) is 81.2 Å². The van der Waals surface area contributed by atoms with Gasteiger partial charge in [-0.25, -0.2) is 4.79 Å². The van der Waals surface area contributed by atoms with E-state index < -0.39 is 5.97 Å². The van der Waals surface area contributed by atoms with Gasteiger partial charge in [0.1, 0.15) is 0 Å². The number of aromatic nitrogens is 2. The number of fused-ring (bicyclic) bond motifs is 1.